The molecule has 1 saturated carbocycles. The maximum atomic E-state index is 14.2. The van der Waals surface area contributed by atoms with Crippen molar-refractivity contribution in [1.29, 1.82) is 0 Å². The minimum atomic E-state index is -4.69. The number of piperidine rings is 1. The van der Waals surface area contributed by atoms with Gasteiger partial charge in [-0.3, -0.25) is 9.58 Å². The van der Waals surface area contributed by atoms with E-state index in [2.05, 4.69) is 28.8 Å². The summed E-state index contributed by atoms with van der Waals surface area (Å²) in [6.45, 7) is 6.11. The molecular weight excluding hydrogens is 551 g/mol. The summed E-state index contributed by atoms with van der Waals surface area (Å²) in [5.41, 5.74) is -0.0272. The lowest BCUT2D eigenvalue weighted by atomic mass is 9.58. The molecule has 0 spiro atoms. The summed E-state index contributed by atoms with van der Waals surface area (Å²) in [4.78, 5) is 6.30. The number of nitrogens with zero attached hydrogens (tertiary/aromatic N) is 5. The Kier molecular flexibility index (Phi) is 6.80. The highest BCUT2D eigenvalue weighted by molar-refractivity contribution is 7.93. The van der Waals surface area contributed by atoms with Crippen molar-refractivity contribution in [3.8, 4) is 0 Å². The van der Waals surface area contributed by atoms with E-state index < -0.39 is 27.2 Å². The van der Waals surface area contributed by atoms with Crippen LogP contribution in [0.1, 0.15) is 67.6 Å². The van der Waals surface area contributed by atoms with Gasteiger partial charge in [-0.05, 0) is 85.5 Å². The van der Waals surface area contributed by atoms with Crippen molar-refractivity contribution in [2.24, 2.45) is 18.9 Å². The van der Waals surface area contributed by atoms with Crippen LogP contribution in [-0.2, 0) is 35.2 Å². The predicted molar refractivity (Wildman–Crippen MR) is 150 cm³/mol. The molecule has 3 heterocycles. The lowest BCUT2D eigenvalue weighted by Gasteiger charge is -2.46. The first kappa shape index (κ1) is 28.0. The fourth-order valence-corrected chi connectivity index (χ4v) is 8.56. The molecule has 218 valence electrons. The molecule has 0 bridgehead atoms. The third-order valence-electron chi connectivity index (χ3n) is 8.75. The van der Waals surface area contributed by atoms with Crippen molar-refractivity contribution in [2.45, 2.75) is 62.6 Å². The molecule has 1 saturated heterocycles. The molecule has 3 aromatic rings. The zero-order valence-electron chi connectivity index (χ0n) is 23.4. The largest absolute Gasteiger partial charge is 0.417 e. The first-order valence-corrected chi connectivity index (χ1v) is 15.5. The van der Waals surface area contributed by atoms with Crippen LogP contribution in [0.5, 0.6) is 0 Å². The SMILES string of the molecule is CC1CC(c2cccc(N3C=Cc4c(C(F)(F)F)cc(CN5CCC[C@H](C)C5)cc4S3(=O)=O)c2)(c2ncnn2C)C1. The second-order valence-corrected chi connectivity index (χ2v) is 13.8. The number of halogens is 3. The monoisotopic (exact) mass is 585 g/mol. The topological polar surface area (TPSA) is 71.3 Å². The number of likely N-dealkylation sites (tertiary alicyclic amines) is 1. The number of alkyl halides is 3. The van der Waals surface area contributed by atoms with E-state index in [1.165, 1.54) is 24.7 Å². The third-order valence-corrected chi connectivity index (χ3v) is 10.5. The quantitative estimate of drug-likeness (QED) is 0.370. The summed E-state index contributed by atoms with van der Waals surface area (Å²) in [6.07, 6.45) is 3.04. The lowest BCUT2D eigenvalue weighted by Crippen LogP contribution is -2.43. The van der Waals surface area contributed by atoms with E-state index in [0.29, 0.717) is 23.1 Å². The molecule has 0 unspecified atom stereocenters. The average molecular weight is 586 g/mol. The van der Waals surface area contributed by atoms with Crippen molar-refractivity contribution >= 4 is 21.8 Å². The van der Waals surface area contributed by atoms with Crippen LogP contribution in [0, 0.1) is 11.8 Å². The fourth-order valence-electron chi connectivity index (χ4n) is 6.98. The summed E-state index contributed by atoms with van der Waals surface area (Å²) < 4.78 is 73.6. The van der Waals surface area contributed by atoms with Crippen molar-refractivity contribution in [2.75, 3.05) is 17.4 Å². The number of rotatable bonds is 5. The van der Waals surface area contributed by atoms with Gasteiger partial charge in [0.1, 0.15) is 12.2 Å². The van der Waals surface area contributed by atoms with Gasteiger partial charge in [0.15, 0.2) is 0 Å². The van der Waals surface area contributed by atoms with Gasteiger partial charge < -0.3 is 0 Å². The highest BCUT2D eigenvalue weighted by Gasteiger charge is 2.48. The van der Waals surface area contributed by atoms with Crippen LogP contribution in [0.25, 0.3) is 6.08 Å². The Morgan fingerprint density at radius 2 is 1.88 bits per heavy atom. The van der Waals surface area contributed by atoms with E-state index in [9.17, 15) is 21.6 Å². The molecule has 0 radical (unpaired) electrons. The second-order valence-electron chi connectivity index (χ2n) is 12.0. The Morgan fingerprint density at radius 3 is 2.54 bits per heavy atom. The molecule has 2 aliphatic heterocycles. The fraction of sp³-hybridized carbons (Fsp3) is 0.467. The van der Waals surface area contributed by atoms with Gasteiger partial charge in [-0.1, -0.05) is 26.0 Å². The van der Waals surface area contributed by atoms with Gasteiger partial charge >= 0.3 is 6.18 Å². The molecule has 2 aromatic carbocycles. The van der Waals surface area contributed by atoms with Crippen molar-refractivity contribution in [3.05, 3.63) is 77.0 Å². The number of aryl methyl sites for hydroxylation is 1. The highest BCUT2D eigenvalue weighted by Crippen LogP contribution is 2.52. The van der Waals surface area contributed by atoms with E-state index in [4.69, 9.17) is 0 Å². The molecule has 1 aromatic heterocycles. The van der Waals surface area contributed by atoms with Crippen LogP contribution >= 0.6 is 0 Å². The van der Waals surface area contributed by atoms with E-state index in [0.717, 1.165) is 60.5 Å². The zero-order valence-corrected chi connectivity index (χ0v) is 24.2. The maximum Gasteiger partial charge on any atom is 0.417 e. The van der Waals surface area contributed by atoms with Crippen molar-refractivity contribution in [3.63, 3.8) is 0 Å². The highest BCUT2D eigenvalue weighted by atomic mass is 32.2. The Bertz CT molecular complexity index is 1610. The number of aromatic nitrogens is 3. The van der Waals surface area contributed by atoms with Crippen molar-refractivity contribution in [1.82, 2.24) is 19.7 Å². The van der Waals surface area contributed by atoms with Gasteiger partial charge in [-0.15, -0.1) is 0 Å². The first-order valence-electron chi connectivity index (χ1n) is 14.0. The van der Waals surface area contributed by atoms with Gasteiger partial charge in [0.25, 0.3) is 10.0 Å². The molecule has 3 aliphatic rings. The van der Waals surface area contributed by atoms with Gasteiger partial charge in [0.05, 0.1) is 21.6 Å². The van der Waals surface area contributed by atoms with Crippen LogP contribution < -0.4 is 4.31 Å². The standard InChI is InChI=1S/C30H34F3N5O2S/c1-20-6-5-10-37(17-20)18-22-12-26(30(31,32)33)25-9-11-38(41(39,40)27(25)13-22)24-8-4-7-23(14-24)29(15-21(2)16-29)28-34-19-35-36(28)3/h4,7-9,11-14,19-21H,5-6,10,15-18H2,1-3H3/t20-,21?,29?/m0/s1. The number of fused-ring (bicyclic) bond motifs is 1. The van der Waals surface area contributed by atoms with E-state index >= 15 is 0 Å². The predicted octanol–water partition coefficient (Wildman–Crippen LogP) is 5.96. The molecule has 1 aliphatic carbocycles. The van der Waals surface area contributed by atoms with Crippen LogP contribution in [0.4, 0.5) is 18.9 Å². The van der Waals surface area contributed by atoms with Crippen LogP contribution in [0.2, 0.25) is 0 Å². The smallest absolute Gasteiger partial charge is 0.299 e. The summed E-state index contributed by atoms with van der Waals surface area (Å²) in [6, 6.07) is 9.77. The normalized spacial score (nSPS) is 26.0. The van der Waals surface area contributed by atoms with Crippen molar-refractivity contribution < 1.29 is 21.6 Å². The minimum absolute atomic E-state index is 0.272. The summed E-state index contributed by atoms with van der Waals surface area (Å²) in [5, 5.41) is 4.25. The second kappa shape index (κ2) is 9.97. The van der Waals surface area contributed by atoms with E-state index in [1.54, 1.807) is 16.8 Å². The third kappa shape index (κ3) is 4.86. The lowest BCUT2D eigenvalue weighted by molar-refractivity contribution is -0.138. The van der Waals surface area contributed by atoms with Crippen LogP contribution in [-0.4, -0.2) is 41.2 Å². The molecular formula is C30H34F3N5O2S. The Labute approximate surface area is 238 Å². The molecule has 6 rings (SSSR count). The molecule has 11 heteroatoms. The first-order chi connectivity index (χ1) is 19.4. The Balaban J connectivity index is 1.40. The number of sulfonamides is 1. The van der Waals surface area contributed by atoms with Gasteiger partial charge in [-0.2, -0.15) is 18.3 Å². The Morgan fingerprint density at radius 1 is 1.10 bits per heavy atom. The average Bonchev–Trinajstić information content (AvgIpc) is 3.32. The number of benzene rings is 2. The maximum absolute atomic E-state index is 14.2. The van der Waals surface area contributed by atoms with Gasteiger partial charge in [-0.25, -0.2) is 17.7 Å². The van der Waals surface area contributed by atoms with E-state index in [1.807, 2.05) is 19.2 Å². The van der Waals surface area contributed by atoms with Crippen LogP contribution in [0.15, 0.2) is 53.8 Å². The Hall–Kier alpha value is -3.18. The van der Waals surface area contributed by atoms with E-state index in [-0.39, 0.29) is 17.0 Å². The number of hydrogen-bond donors (Lipinski definition) is 0. The number of hydrogen-bond acceptors (Lipinski definition) is 5. The molecule has 2 fully saturated rings. The molecule has 0 N–H and O–H groups in total. The van der Waals surface area contributed by atoms with Crippen LogP contribution in [0.3, 0.4) is 0 Å². The zero-order chi connectivity index (χ0) is 29.2. The summed E-state index contributed by atoms with van der Waals surface area (Å²) >= 11 is 0. The molecule has 41 heavy (non-hydrogen) atoms. The number of anilines is 1. The molecule has 1 atom stereocenters. The summed E-state index contributed by atoms with van der Waals surface area (Å²) in [5.74, 6) is 1.71. The van der Waals surface area contributed by atoms with Gasteiger partial charge in [0.2, 0.25) is 0 Å². The molecule has 0 amide bonds. The summed E-state index contributed by atoms with van der Waals surface area (Å²) in [7, 11) is -2.48. The minimum Gasteiger partial charge on any atom is -0.299 e. The molecule has 7 nitrogen and oxygen atoms in total. The van der Waals surface area contributed by atoms with Gasteiger partial charge in [0, 0.05) is 31.9 Å².